The molecule has 1 aromatic carbocycles. The van der Waals surface area contributed by atoms with Crippen molar-refractivity contribution < 1.29 is 32.6 Å². The first kappa shape index (κ1) is 17.0. The molecule has 0 aliphatic heterocycles. The van der Waals surface area contributed by atoms with Crippen molar-refractivity contribution in [3.05, 3.63) is 35.4 Å². The van der Waals surface area contributed by atoms with Crippen LogP contribution in [0.25, 0.3) is 6.08 Å². The second-order valence-electron chi connectivity index (χ2n) is 3.95. The van der Waals surface area contributed by atoms with Crippen LogP contribution >= 0.6 is 11.6 Å². The standard InChI is InChI=1S/C13H10ClF3O4/c1-7(18)12(14)11-8(5-6-10(19)20)3-2-4-9(11)21-13(15,16)17/h2-6,12H,1H3,(H,19,20). The van der Waals surface area contributed by atoms with Gasteiger partial charge in [0.15, 0.2) is 5.78 Å². The lowest BCUT2D eigenvalue weighted by Gasteiger charge is -2.17. The van der Waals surface area contributed by atoms with Crippen molar-refractivity contribution in [3.8, 4) is 5.75 Å². The normalized spacial score (nSPS) is 13.2. The second-order valence-corrected chi connectivity index (χ2v) is 4.39. The Bertz CT molecular complexity index is 581. The number of carboxylic acid groups (broad SMARTS) is 1. The molecule has 0 aliphatic rings. The van der Waals surface area contributed by atoms with Crippen LogP contribution in [0.15, 0.2) is 24.3 Å². The predicted molar refractivity (Wildman–Crippen MR) is 69.1 cm³/mol. The third-order valence-corrected chi connectivity index (χ3v) is 2.87. The lowest BCUT2D eigenvalue weighted by molar-refractivity contribution is -0.274. The second kappa shape index (κ2) is 6.62. The number of ether oxygens (including phenoxy) is 1. The minimum absolute atomic E-state index is 0.0503. The molecule has 0 spiro atoms. The molecule has 8 heteroatoms. The van der Waals surface area contributed by atoms with E-state index in [1.54, 1.807) is 0 Å². The molecule has 1 rings (SSSR count). The maximum absolute atomic E-state index is 12.4. The fraction of sp³-hybridized carbons (Fsp3) is 0.231. The molecule has 1 atom stereocenters. The molecule has 0 heterocycles. The zero-order chi connectivity index (χ0) is 16.2. The van der Waals surface area contributed by atoms with Crippen LogP contribution in [-0.4, -0.2) is 23.2 Å². The summed E-state index contributed by atoms with van der Waals surface area (Å²) in [5.74, 6) is -2.54. The molecule has 114 valence electrons. The molecule has 1 unspecified atom stereocenters. The number of hydrogen-bond acceptors (Lipinski definition) is 3. The van der Waals surface area contributed by atoms with Crippen molar-refractivity contribution in [2.45, 2.75) is 18.7 Å². The molecule has 0 saturated carbocycles. The average molecular weight is 323 g/mol. The van der Waals surface area contributed by atoms with Gasteiger partial charge < -0.3 is 9.84 Å². The third kappa shape index (κ3) is 5.11. The molecular weight excluding hydrogens is 313 g/mol. The van der Waals surface area contributed by atoms with Crippen molar-refractivity contribution in [1.82, 2.24) is 0 Å². The van der Waals surface area contributed by atoms with E-state index < -0.39 is 29.2 Å². The van der Waals surface area contributed by atoms with E-state index >= 15 is 0 Å². The monoisotopic (exact) mass is 322 g/mol. The van der Waals surface area contributed by atoms with Crippen molar-refractivity contribution in [3.63, 3.8) is 0 Å². The number of aliphatic carboxylic acids is 1. The zero-order valence-corrected chi connectivity index (χ0v) is 11.4. The molecule has 0 saturated heterocycles. The van der Waals surface area contributed by atoms with Crippen LogP contribution in [0, 0.1) is 0 Å². The molecular formula is C13H10ClF3O4. The van der Waals surface area contributed by atoms with Gasteiger partial charge in [-0.15, -0.1) is 24.8 Å². The Kier molecular flexibility index (Phi) is 5.37. The van der Waals surface area contributed by atoms with Crippen LogP contribution in [0.4, 0.5) is 13.2 Å². The van der Waals surface area contributed by atoms with Crippen molar-refractivity contribution in [2.24, 2.45) is 0 Å². The predicted octanol–water partition coefficient (Wildman–Crippen LogP) is 3.55. The summed E-state index contributed by atoms with van der Waals surface area (Å²) in [4.78, 5) is 21.8. The maximum Gasteiger partial charge on any atom is 0.573 e. The van der Waals surface area contributed by atoms with E-state index in [2.05, 4.69) is 4.74 Å². The highest BCUT2D eigenvalue weighted by molar-refractivity contribution is 6.31. The first-order valence-electron chi connectivity index (χ1n) is 5.56. The van der Waals surface area contributed by atoms with E-state index in [1.807, 2.05) is 0 Å². The van der Waals surface area contributed by atoms with Crippen LogP contribution in [0.3, 0.4) is 0 Å². The van der Waals surface area contributed by atoms with E-state index in [9.17, 15) is 22.8 Å². The van der Waals surface area contributed by atoms with Gasteiger partial charge in [0.2, 0.25) is 0 Å². The van der Waals surface area contributed by atoms with Gasteiger partial charge in [-0.25, -0.2) is 4.79 Å². The highest BCUT2D eigenvalue weighted by atomic mass is 35.5. The molecule has 1 aromatic rings. The topological polar surface area (TPSA) is 63.6 Å². The number of ketones is 1. The first-order chi connectivity index (χ1) is 9.61. The Morgan fingerprint density at radius 3 is 2.48 bits per heavy atom. The highest BCUT2D eigenvalue weighted by Gasteiger charge is 2.34. The molecule has 0 amide bonds. The number of benzene rings is 1. The van der Waals surface area contributed by atoms with E-state index in [0.717, 1.165) is 25.1 Å². The van der Waals surface area contributed by atoms with Crippen LogP contribution in [0.5, 0.6) is 5.75 Å². The molecule has 0 aliphatic carbocycles. The van der Waals surface area contributed by atoms with Crippen molar-refractivity contribution in [2.75, 3.05) is 0 Å². The molecule has 1 N–H and O–H groups in total. The Labute approximate surface area is 122 Å². The molecule has 0 bridgehead atoms. The number of halogens is 4. The summed E-state index contributed by atoms with van der Waals surface area (Å²) in [7, 11) is 0. The van der Waals surface area contributed by atoms with Crippen LogP contribution in [0.1, 0.15) is 23.4 Å². The minimum Gasteiger partial charge on any atom is -0.478 e. The summed E-state index contributed by atoms with van der Waals surface area (Å²) in [6, 6.07) is 3.56. The van der Waals surface area contributed by atoms with E-state index in [-0.39, 0.29) is 11.1 Å². The van der Waals surface area contributed by atoms with Crippen LogP contribution in [-0.2, 0) is 9.59 Å². The Hall–Kier alpha value is -2.02. The quantitative estimate of drug-likeness (QED) is 0.665. The molecule has 4 nitrogen and oxygen atoms in total. The third-order valence-electron chi connectivity index (χ3n) is 2.34. The number of alkyl halides is 4. The van der Waals surface area contributed by atoms with Crippen LogP contribution < -0.4 is 4.74 Å². The summed E-state index contributed by atoms with van der Waals surface area (Å²) < 4.78 is 40.9. The van der Waals surface area contributed by atoms with Gasteiger partial charge in [0.1, 0.15) is 11.1 Å². The SMILES string of the molecule is CC(=O)C(Cl)c1c(C=CC(=O)O)cccc1OC(F)(F)F. The smallest absolute Gasteiger partial charge is 0.478 e. The van der Waals surface area contributed by atoms with Gasteiger partial charge >= 0.3 is 12.3 Å². The van der Waals surface area contributed by atoms with Gasteiger partial charge in [0, 0.05) is 11.6 Å². The lowest BCUT2D eigenvalue weighted by Crippen LogP contribution is -2.19. The molecule has 0 fully saturated rings. The molecule has 0 radical (unpaired) electrons. The highest BCUT2D eigenvalue weighted by Crippen LogP contribution is 2.37. The van der Waals surface area contributed by atoms with Gasteiger partial charge in [-0.1, -0.05) is 12.1 Å². The number of carboxylic acids is 1. The van der Waals surface area contributed by atoms with Gasteiger partial charge in [-0.3, -0.25) is 4.79 Å². The molecule has 21 heavy (non-hydrogen) atoms. The summed E-state index contributed by atoms with van der Waals surface area (Å²) in [6.07, 6.45) is -3.20. The van der Waals surface area contributed by atoms with E-state index in [4.69, 9.17) is 16.7 Å². The Morgan fingerprint density at radius 2 is 2.00 bits per heavy atom. The number of carbonyl (C=O) groups is 2. The van der Waals surface area contributed by atoms with Crippen molar-refractivity contribution in [1.29, 1.82) is 0 Å². The zero-order valence-electron chi connectivity index (χ0n) is 10.6. The summed E-state index contributed by atoms with van der Waals surface area (Å²) >= 11 is 5.82. The summed E-state index contributed by atoms with van der Waals surface area (Å²) in [5.41, 5.74) is -0.184. The molecule has 0 aromatic heterocycles. The summed E-state index contributed by atoms with van der Waals surface area (Å²) in [5, 5.41) is 7.18. The van der Waals surface area contributed by atoms with Gasteiger partial charge in [-0.2, -0.15) is 0 Å². The number of carbonyl (C=O) groups excluding carboxylic acids is 1. The fourth-order valence-electron chi connectivity index (χ4n) is 1.56. The number of Topliss-reactive ketones (excluding diaryl/α,β-unsaturated/α-hetero) is 1. The Balaban J connectivity index is 3.40. The average Bonchev–Trinajstić information content (AvgIpc) is 2.33. The van der Waals surface area contributed by atoms with Gasteiger partial charge in [0.05, 0.1) is 0 Å². The Morgan fingerprint density at radius 1 is 1.38 bits per heavy atom. The van der Waals surface area contributed by atoms with E-state index in [0.29, 0.717) is 0 Å². The van der Waals surface area contributed by atoms with E-state index in [1.165, 1.54) is 12.1 Å². The minimum atomic E-state index is -4.96. The fourth-order valence-corrected chi connectivity index (χ4v) is 1.79. The largest absolute Gasteiger partial charge is 0.573 e. The lowest BCUT2D eigenvalue weighted by atomic mass is 10.0. The van der Waals surface area contributed by atoms with Gasteiger partial charge in [0.25, 0.3) is 0 Å². The first-order valence-corrected chi connectivity index (χ1v) is 5.99. The van der Waals surface area contributed by atoms with Crippen LogP contribution in [0.2, 0.25) is 0 Å². The van der Waals surface area contributed by atoms with Gasteiger partial charge in [-0.05, 0) is 24.6 Å². The summed E-state index contributed by atoms with van der Waals surface area (Å²) in [6.45, 7) is 1.10. The number of rotatable bonds is 5. The number of hydrogen-bond donors (Lipinski definition) is 1. The maximum atomic E-state index is 12.4. The van der Waals surface area contributed by atoms with Crippen molar-refractivity contribution >= 4 is 29.4 Å².